The lowest BCUT2D eigenvalue weighted by Crippen LogP contribution is -2.30. The molecule has 124 valence electrons. The minimum atomic E-state index is -0.921. The summed E-state index contributed by atoms with van der Waals surface area (Å²) in [6.45, 7) is 5.32. The summed E-state index contributed by atoms with van der Waals surface area (Å²) in [5, 5.41) is 18.5. The lowest BCUT2D eigenvalue weighted by atomic mass is 10.1. The first-order chi connectivity index (χ1) is 11.0. The topological polar surface area (TPSA) is 63.4 Å². The molecule has 7 heteroatoms. The number of thioether (sulfide) groups is 1. The van der Waals surface area contributed by atoms with Gasteiger partial charge in [-0.2, -0.15) is 11.8 Å². The van der Waals surface area contributed by atoms with Crippen molar-refractivity contribution in [2.24, 2.45) is 0 Å². The lowest BCUT2D eigenvalue weighted by Gasteiger charge is -2.21. The summed E-state index contributed by atoms with van der Waals surface area (Å²) in [4.78, 5) is 1.88. The van der Waals surface area contributed by atoms with E-state index in [0.29, 0.717) is 13.1 Å². The van der Waals surface area contributed by atoms with Gasteiger partial charge in [0, 0.05) is 17.6 Å². The van der Waals surface area contributed by atoms with Crippen molar-refractivity contribution in [1.82, 2.24) is 15.0 Å². The zero-order valence-electron chi connectivity index (χ0n) is 13.6. The number of aromatic nitrogens is 3. The molecule has 0 amide bonds. The molecule has 0 aliphatic carbocycles. The van der Waals surface area contributed by atoms with Crippen LogP contribution in [0.2, 0.25) is 0 Å². The van der Waals surface area contributed by atoms with Crippen molar-refractivity contribution in [3.05, 3.63) is 41.2 Å². The molecule has 1 aliphatic heterocycles. The fourth-order valence-corrected chi connectivity index (χ4v) is 3.33. The van der Waals surface area contributed by atoms with E-state index in [4.69, 9.17) is 4.74 Å². The van der Waals surface area contributed by atoms with Crippen molar-refractivity contribution in [3.8, 4) is 0 Å². The predicted octanol–water partition coefficient (Wildman–Crippen LogP) is 1.94. The van der Waals surface area contributed by atoms with E-state index in [1.54, 1.807) is 16.4 Å². The van der Waals surface area contributed by atoms with Gasteiger partial charge in [0.05, 0.1) is 24.9 Å². The molecule has 0 radical (unpaired) electrons. The van der Waals surface area contributed by atoms with Crippen LogP contribution in [0, 0.1) is 13.8 Å². The molecule has 0 bridgehead atoms. The smallest absolute Gasteiger partial charge is 0.238 e. The SMILES string of the molecule is CSCc1cn(CC2CN(c3cc(C)cc(C)c3)C(O)O2)nn1. The maximum absolute atomic E-state index is 10.2. The third-order valence-corrected chi connectivity index (χ3v) is 4.37. The quantitative estimate of drug-likeness (QED) is 0.901. The molecule has 1 saturated heterocycles. The molecular weight excluding hydrogens is 312 g/mol. The maximum atomic E-state index is 10.2. The zero-order valence-corrected chi connectivity index (χ0v) is 14.5. The van der Waals surface area contributed by atoms with Crippen LogP contribution in [0.1, 0.15) is 16.8 Å². The molecule has 3 rings (SSSR count). The number of aliphatic hydroxyl groups excluding tert-OH is 1. The van der Waals surface area contributed by atoms with Gasteiger partial charge in [0.1, 0.15) is 0 Å². The number of hydrogen-bond acceptors (Lipinski definition) is 6. The number of aliphatic hydroxyl groups is 1. The van der Waals surface area contributed by atoms with Crippen LogP contribution in [0.15, 0.2) is 24.4 Å². The first-order valence-corrected chi connectivity index (χ1v) is 9.01. The van der Waals surface area contributed by atoms with Crippen LogP contribution in [0.4, 0.5) is 5.69 Å². The molecule has 1 fully saturated rings. The molecule has 6 nitrogen and oxygen atoms in total. The second-order valence-corrected chi connectivity index (χ2v) is 6.81. The molecule has 1 aliphatic rings. The molecule has 2 aromatic rings. The third kappa shape index (κ3) is 3.85. The van der Waals surface area contributed by atoms with Crippen molar-refractivity contribution in [2.45, 2.75) is 38.7 Å². The highest BCUT2D eigenvalue weighted by Crippen LogP contribution is 2.26. The van der Waals surface area contributed by atoms with E-state index in [-0.39, 0.29) is 6.10 Å². The van der Waals surface area contributed by atoms with Gasteiger partial charge < -0.3 is 14.7 Å². The number of ether oxygens (including phenoxy) is 1. The first-order valence-electron chi connectivity index (χ1n) is 7.61. The van der Waals surface area contributed by atoms with E-state index in [9.17, 15) is 5.11 Å². The van der Waals surface area contributed by atoms with Crippen LogP contribution >= 0.6 is 11.8 Å². The standard InChI is InChI=1S/C16H22N4O2S/c1-11-4-12(2)6-14(5-11)20-9-15(22-16(20)21)8-19-7-13(10-23-3)17-18-19/h4-7,15-16,21H,8-10H2,1-3H3. The van der Waals surface area contributed by atoms with Gasteiger partial charge in [-0.25, -0.2) is 4.68 Å². The Balaban J connectivity index is 1.67. The fraction of sp³-hybridized carbons (Fsp3) is 0.500. The molecule has 1 aromatic carbocycles. The third-order valence-electron chi connectivity index (χ3n) is 3.79. The van der Waals surface area contributed by atoms with Gasteiger partial charge in [0.15, 0.2) is 0 Å². The molecule has 1 aromatic heterocycles. The summed E-state index contributed by atoms with van der Waals surface area (Å²) < 4.78 is 7.45. The Morgan fingerprint density at radius 2 is 2.04 bits per heavy atom. The minimum absolute atomic E-state index is 0.116. The Morgan fingerprint density at radius 1 is 1.30 bits per heavy atom. The Morgan fingerprint density at radius 3 is 2.74 bits per heavy atom. The number of aryl methyl sites for hydroxylation is 2. The molecule has 0 saturated carbocycles. The highest BCUT2D eigenvalue weighted by molar-refractivity contribution is 7.97. The van der Waals surface area contributed by atoms with Gasteiger partial charge >= 0.3 is 0 Å². The Hall–Kier alpha value is -1.57. The molecule has 23 heavy (non-hydrogen) atoms. The largest absolute Gasteiger partial charge is 0.351 e. The van der Waals surface area contributed by atoms with Crippen molar-refractivity contribution in [1.29, 1.82) is 0 Å². The van der Waals surface area contributed by atoms with Crippen LogP contribution in [0.5, 0.6) is 0 Å². The average molecular weight is 334 g/mol. The number of anilines is 1. The number of nitrogens with zero attached hydrogens (tertiary/aromatic N) is 4. The molecule has 0 spiro atoms. The van der Waals surface area contributed by atoms with Crippen molar-refractivity contribution >= 4 is 17.4 Å². The molecule has 2 unspecified atom stereocenters. The first kappa shape index (κ1) is 16.3. The second-order valence-electron chi connectivity index (χ2n) is 5.95. The van der Waals surface area contributed by atoms with E-state index in [1.807, 2.05) is 17.4 Å². The van der Waals surface area contributed by atoms with Crippen LogP contribution in [-0.2, 0) is 17.0 Å². The van der Waals surface area contributed by atoms with Crippen LogP contribution < -0.4 is 4.90 Å². The molecular formula is C16H22N4O2S. The number of rotatable bonds is 5. The van der Waals surface area contributed by atoms with Crippen LogP contribution in [0.3, 0.4) is 0 Å². The predicted molar refractivity (Wildman–Crippen MR) is 91.4 cm³/mol. The van der Waals surface area contributed by atoms with Crippen LogP contribution in [0.25, 0.3) is 0 Å². The fourth-order valence-electron chi connectivity index (χ4n) is 2.90. The van der Waals surface area contributed by atoms with Crippen molar-refractivity contribution in [2.75, 3.05) is 17.7 Å². The van der Waals surface area contributed by atoms with E-state index < -0.39 is 6.41 Å². The van der Waals surface area contributed by atoms with Gasteiger partial charge in [-0.05, 0) is 43.4 Å². The summed E-state index contributed by atoms with van der Waals surface area (Å²) in [7, 11) is 0. The Bertz CT molecular complexity index is 656. The number of hydrogen-bond donors (Lipinski definition) is 1. The molecule has 2 heterocycles. The second kappa shape index (κ2) is 6.90. The monoisotopic (exact) mass is 334 g/mol. The Labute approximate surface area is 140 Å². The van der Waals surface area contributed by atoms with E-state index in [0.717, 1.165) is 17.1 Å². The van der Waals surface area contributed by atoms with Gasteiger partial charge in [0.2, 0.25) is 6.41 Å². The van der Waals surface area contributed by atoms with Gasteiger partial charge in [-0.1, -0.05) is 11.3 Å². The van der Waals surface area contributed by atoms with Gasteiger partial charge in [0.25, 0.3) is 0 Å². The maximum Gasteiger partial charge on any atom is 0.238 e. The summed E-state index contributed by atoms with van der Waals surface area (Å²) in [5.74, 6) is 0.850. The van der Waals surface area contributed by atoms with Gasteiger partial charge in [-0.3, -0.25) is 0 Å². The number of benzene rings is 1. The van der Waals surface area contributed by atoms with Crippen molar-refractivity contribution < 1.29 is 9.84 Å². The summed E-state index contributed by atoms with van der Waals surface area (Å²) in [6.07, 6.45) is 2.94. The van der Waals surface area contributed by atoms with E-state index in [2.05, 4.69) is 42.4 Å². The van der Waals surface area contributed by atoms with E-state index in [1.165, 1.54) is 11.1 Å². The van der Waals surface area contributed by atoms with Crippen LogP contribution in [-0.4, -0.2) is 45.4 Å². The summed E-state index contributed by atoms with van der Waals surface area (Å²) >= 11 is 1.72. The lowest BCUT2D eigenvalue weighted by molar-refractivity contribution is -0.0924. The molecule has 2 atom stereocenters. The Kier molecular flexibility index (Phi) is 4.89. The summed E-state index contributed by atoms with van der Waals surface area (Å²) in [6, 6.07) is 6.25. The highest BCUT2D eigenvalue weighted by Gasteiger charge is 2.32. The van der Waals surface area contributed by atoms with E-state index >= 15 is 0 Å². The zero-order chi connectivity index (χ0) is 16.4. The average Bonchev–Trinajstić information content (AvgIpc) is 3.05. The normalized spacial score (nSPS) is 21.1. The minimum Gasteiger partial charge on any atom is -0.351 e. The summed E-state index contributed by atoms with van der Waals surface area (Å²) in [5.41, 5.74) is 4.30. The van der Waals surface area contributed by atoms with Crippen molar-refractivity contribution in [3.63, 3.8) is 0 Å². The molecule has 1 N–H and O–H groups in total. The highest BCUT2D eigenvalue weighted by atomic mass is 32.2. The van der Waals surface area contributed by atoms with Gasteiger partial charge in [-0.15, -0.1) is 5.10 Å².